The smallest absolute Gasteiger partial charge is 0.344 e. The zero-order chi connectivity index (χ0) is 17.9. The standard InChI is InChI=1S/C16H19N3O5S/c20-12(10-24-13(21)9-11-5-4-8-25-11)18-19-14(22)16(17-15(19)23)6-2-1-3-7-16/h4-5,8H,1-3,6-7,9-10H2,(H,17,23)(H,18,20). The number of carbonyl (C=O) groups excluding carboxylic acids is 4. The number of hydrogen-bond acceptors (Lipinski definition) is 6. The molecule has 3 rings (SSSR count). The lowest BCUT2D eigenvalue weighted by Gasteiger charge is -2.30. The van der Waals surface area contributed by atoms with Crippen LogP contribution in [0.4, 0.5) is 4.79 Å². The summed E-state index contributed by atoms with van der Waals surface area (Å²) < 4.78 is 4.88. The van der Waals surface area contributed by atoms with Crippen molar-refractivity contribution in [1.29, 1.82) is 0 Å². The van der Waals surface area contributed by atoms with E-state index in [-0.39, 0.29) is 6.42 Å². The molecular weight excluding hydrogens is 346 g/mol. The number of amides is 4. The number of thiophene rings is 1. The van der Waals surface area contributed by atoms with Crippen molar-refractivity contribution < 1.29 is 23.9 Å². The van der Waals surface area contributed by atoms with Gasteiger partial charge in [-0.2, -0.15) is 5.01 Å². The average molecular weight is 365 g/mol. The highest BCUT2D eigenvalue weighted by atomic mass is 32.1. The molecule has 1 aliphatic heterocycles. The molecule has 8 nitrogen and oxygen atoms in total. The van der Waals surface area contributed by atoms with E-state index < -0.39 is 36.0 Å². The lowest BCUT2D eigenvalue weighted by molar-refractivity contribution is -0.150. The molecule has 2 aliphatic rings. The number of carbonyl (C=O) groups is 4. The highest BCUT2D eigenvalue weighted by Gasteiger charge is 2.52. The maximum atomic E-state index is 12.5. The summed E-state index contributed by atoms with van der Waals surface area (Å²) in [6, 6.07) is 2.96. The van der Waals surface area contributed by atoms with E-state index in [1.54, 1.807) is 6.07 Å². The molecule has 1 saturated heterocycles. The van der Waals surface area contributed by atoms with Gasteiger partial charge in [-0.15, -0.1) is 11.3 Å². The van der Waals surface area contributed by atoms with Crippen molar-refractivity contribution in [3.8, 4) is 0 Å². The fourth-order valence-corrected chi connectivity index (χ4v) is 3.82. The van der Waals surface area contributed by atoms with Gasteiger partial charge in [-0.1, -0.05) is 25.3 Å². The van der Waals surface area contributed by atoms with Gasteiger partial charge >= 0.3 is 12.0 Å². The molecule has 4 amide bonds. The van der Waals surface area contributed by atoms with Gasteiger partial charge in [-0.25, -0.2) is 4.79 Å². The minimum atomic E-state index is -0.904. The first-order chi connectivity index (χ1) is 12.0. The van der Waals surface area contributed by atoms with Crippen molar-refractivity contribution in [3.63, 3.8) is 0 Å². The predicted molar refractivity (Wildman–Crippen MR) is 88.3 cm³/mol. The normalized spacial score (nSPS) is 19.0. The van der Waals surface area contributed by atoms with Gasteiger partial charge in [0.15, 0.2) is 6.61 Å². The molecule has 2 N–H and O–H groups in total. The van der Waals surface area contributed by atoms with Gasteiger partial charge < -0.3 is 10.1 Å². The van der Waals surface area contributed by atoms with Crippen LogP contribution < -0.4 is 10.7 Å². The summed E-state index contributed by atoms with van der Waals surface area (Å²) in [6.45, 7) is -0.547. The first kappa shape index (κ1) is 17.4. The molecule has 1 aliphatic carbocycles. The number of nitrogens with zero attached hydrogens (tertiary/aromatic N) is 1. The largest absolute Gasteiger partial charge is 0.455 e. The zero-order valence-corrected chi connectivity index (χ0v) is 14.4. The van der Waals surface area contributed by atoms with Crippen molar-refractivity contribution in [2.75, 3.05) is 6.61 Å². The molecule has 0 unspecified atom stereocenters. The average Bonchev–Trinajstić information content (AvgIpc) is 3.17. The van der Waals surface area contributed by atoms with Crippen LogP contribution in [0, 0.1) is 0 Å². The second-order valence-electron chi connectivity index (χ2n) is 6.17. The van der Waals surface area contributed by atoms with E-state index in [4.69, 9.17) is 4.74 Å². The third kappa shape index (κ3) is 3.81. The van der Waals surface area contributed by atoms with Crippen LogP contribution in [0.3, 0.4) is 0 Å². The summed E-state index contributed by atoms with van der Waals surface area (Å²) in [5.74, 6) is -1.72. The van der Waals surface area contributed by atoms with Crippen LogP contribution in [0.15, 0.2) is 17.5 Å². The van der Waals surface area contributed by atoms with E-state index in [0.29, 0.717) is 17.9 Å². The second kappa shape index (κ2) is 7.22. The lowest BCUT2D eigenvalue weighted by Crippen LogP contribution is -2.51. The molecule has 0 bridgehead atoms. The molecule has 1 saturated carbocycles. The van der Waals surface area contributed by atoms with Gasteiger partial charge in [0.25, 0.3) is 11.8 Å². The van der Waals surface area contributed by atoms with Gasteiger partial charge in [0.1, 0.15) is 5.54 Å². The van der Waals surface area contributed by atoms with Crippen LogP contribution in [0.5, 0.6) is 0 Å². The fraction of sp³-hybridized carbons (Fsp3) is 0.500. The first-order valence-corrected chi connectivity index (χ1v) is 9.02. The van der Waals surface area contributed by atoms with E-state index in [1.807, 2.05) is 11.4 Å². The Labute approximate surface area is 148 Å². The number of ether oxygens (including phenoxy) is 1. The minimum absolute atomic E-state index is 0.0805. The summed E-state index contributed by atoms with van der Waals surface area (Å²) in [7, 11) is 0. The summed E-state index contributed by atoms with van der Waals surface area (Å²) >= 11 is 1.42. The first-order valence-electron chi connectivity index (χ1n) is 8.14. The Morgan fingerprint density at radius 1 is 1.28 bits per heavy atom. The van der Waals surface area contributed by atoms with E-state index in [9.17, 15) is 19.2 Å². The molecule has 25 heavy (non-hydrogen) atoms. The fourth-order valence-electron chi connectivity index (χ4n) is 3.13. The third-order valence-electron chi connectivity index (χ3n) is 4.37. The molecule has 134 valence electrons. The van der Waals surface area contributed by atoms with Crippen molar-refractivity contribution in [1.82, 2.24) is 15.8 Å². The number of urea groups is 1. The summed E-state index contributed by atoms with van der Waals surface area (Å²) in [5.41, 5.74) is 1.32. The van der Waals surface area contributed by atoms with Crippen molar-refractivity contribution >= 4 is 35.2 Å². The summed E-state index contributed by atoms with van der Waals surface area (Å²) in [6.07, 6.45) is 3.95. The summed E-state index contributed by atoms with van der Waals surface area (Å²) in [5, 5.41) is 5.22. The molecule has 1 aromatic rings. The maximum Gasteiger partial charge on any atom is 0.344 e. The SMILES string of the molecule is O=C(COC(=O)Cc1cccs1)NN1C(=O)NC2(CCCCC2)C1=O. The molecule has 1 aromatic heterocycles. The summed E-state index contributed by atoms with van der Waals surface area (Å²) in [4.78, 5) is 48.9. The van der Waals surface area contributed by atoms with Crippen molar-refractivity contribution in [3.05, 3.63) is 22.4 Å². The van der Waals surface area contributed by atoms with E-state index in [0.717, 1.165) is 24.1 Å². The quantitative estimate of drug-likeness (QED) is 0.601. The number of esters is 1. The molecule has 0 atom stereocenters. The number of hydrogen-bond donors (Lipinski definition) is 2. The zero-order valence-electron chi connectivity index (χ0n) is 13.6. The topological polar surface area (TPSA) is 105 Å². The van der Waals surface area contributed by atoms with Gasteiger partial charge in [-0.3, -0.25) is 19.8 Å². The number of rotatable bonds is 5. The Balaban J connectivity index is 1.49. The molecule has 2 fully saturated rings. The molecular formula is C16H19N3O5S. The molecule has 0 aromatic carbocycles. The van der Waals surface area contributed by atoms with Gasteiger partial charge in [-0.05, 0) is 24.3 Å². The lowest BCUT2D eigenvalue weighted by atomic mass is 9.82. The number of imide groups is 1. The van der Waals surface area contributed by atoms with Crippen LogP contribution in [-0.4, -0.2) is 41.0 Å². The van der Waals surface area contributed by atoms with E-state index >= 15 is 0 Å². The monoisotopic (exact) mass is 365 g/mol. The Kier molecular flexibility index (Phi) is 5.03. The van der Waals surface area contributed by atoms with Crippen LogP contribution in [0.1, 0.15) is 37.0 Å². The third-order valence-corrected chi connectivity index (χ3v) is 5.24. The molecule has 2 heterocycles. The Morgan fingerprint density at radius 3 is 2.72 bits per heavy atom. The van der Waals surface area contributed by atoms with Crippen LogP contribution in [0.25, 0.3) is 0 Å². The Morgan fingerprint density at radius 2 is 2.04 bits per heavy atom. The van der Waals surface area contributed by atoms with E-state index in [1.165, 1.54) is 11.3 Å². The molecule has 9 heteroatoms. The van der Waals surface area contributed by atoms with Crippen LogP contribution in [0.2, 0.25) is 0 Å². The predicted octanol–water partition coefficient (Wildman–Crippen LogP) is 1.12. The van der Waals surface area contributed by atoms with Gasteiger partial charge in [0, 0.05) is 4.88 Å². The van der Waals surface area contributed by atoms with Gasteiger partial charge in [0.2, 0.25) is 0 Å². The van der Waals surface area contributed by atoms with E-state index in [2.05, 4.69) is 10.7 Å². The van der Waals surface area contributed by atoms with Crippen LogP contribution in [-0.2, 0) is 25.5 Å². The Hall–Kier alpha value is -2.42. The minimum Gasteiger partial charge on any atom is -0.455 e. The number of hydrazine groups is 1. The molecule has 0 radical (unpaired) electrons. The maximum absolute atomic E-state index is 12.5. The van der Waals surface area contributed by atoms with Crippen molar-refractivity contribution in [2.45, 2.75) is 44.1 Å². The van der Waals surface area contributed by atoms with Gasteiger partial charge in [0.05, 0.1) is 6.42 Å². The van der Waals surface area contributed by atoms with Crippen LogP contribution >= 0.6 is 11.3 Å². The highest BCUT2D eigenvalue weighted by Crippen LogP contribution is 2.32. The number of nitrogens with one attached hydrogen (secondary N) is 2. The molecule has 1 spiro atoms. The highest BCUT2D eigenvalue weighted by molar-refractivity contribution is 7.10. The Bertz CT molecular complexity index is 682. The van der Waals surface area contributed by atoms with Crippen molar-refractivity contribution in [2.24, 2.45) is 0 Å². The second-order valence-corrected chi connectivity index (χ2v) is 7.20.